The third kappa shape index (κ3) is 2.99. The van der Waals surface area contributed by atoms with Crippen LogP contribution < -0.4 is 0 Å². The molecule has 0 aromatic carbocycles. The topological polar surface area (TPSA) is 38.8 Å². The Hall–Kier alpha value is -0.610. The molecule has 1 saturated carbocycles. The van der Waals surface area contributed by atoms with Gasteiger partial charge in [0.2, 0.25) is 0 Å². The Morgan fingerprint density at radius 2 is 1.76 bits per heavy atom. The van der Waals surface area contributed by atoms with Gasteiger partial charge in [0, 0.05) is 13.1 Å². The molecule has 0 unspecified atom stereocenters. The molecule has 4 heteroatoms. The van der Waals surface area contributed by atoms with Crippen molar-refractivity contribution in [1.29, 1.82) is 0 Å². The molecule has 1 saturated heterocycles. The molecule has 1 aliphatic heterocycles. The van der Waals surface area contributed by atoms with Gasteiger partial charge in [-0.15, -0.1) is 0 Å². The fourth-order valence-corrected chi connectivity index (χ4v) is 2.84. The minimum atomic E-state index is -0.657. The second kappa shape index (κ2) is 5.83. The second-order valence-corrected chi connectivity index (χ2v) is 5.15. The van der Waals surface area contributed by atoms with Crippen molar-refractivity contribution in [1.82, 2.24) is 4.90 Å². The van der Waals surface area contributed by atoms with Crippen LogP contribution in [0.15, 0.2) is 0 Å². The highest BCUT2D eigenvalue weighted by Gasteiger charge is 2.42. The first-order valence-electron chi connectivity index (χ1n) is 6.72. The molecular weight excluding hydrogens is 218 g/mol. The zero-order chi connectivity index (χ0) is 12.1. The van der Waals surface area contributed by atoms with E-state index in [1.807, 2.05) is 0 Å². The number of hydrogen-bond acceptors (Lipinski definition) is 4. The maximum absolute atomic E-state index is 11.9. The van der Waals surface area contributed by atoms with Gasteiger partial charge in [0.05, 0.1) is 7.11 Å². The summed E-state index contributed by atoms with van der Waals surface area (Å²) in [6, 6.07) is 0. The van der Waals surface area contributed by atoms with E-state index in [1.54, 1.807) is 0 Å². The number of hydrogen-bond donors (Lipinski definition) is 0. The smallest absolute Gasteiger partial charge is 0.338 e. The number of methoxy groups -OCH3 is 1. The summed E-state index contributed by atoms with van der Waals surface area (Å²) in [7, 11) is 1.46. The maximum Gasteiger partial charge on any atom is 0.338 e. The standard InChI is InChI=1S/C13H23NO3/c1-16-12(15)13(7-3-2-4-8-13)17-11-14-9-5-6-10-14/h2-11H2,1H3. The zero-order valence-corrected chi connectivity index (χ0v) is 10.7. The lowest BCUT2D eigenvalue weighted by Gasteiger charge is -2.35. The second-order valence-electron chi connectivity index (χ2n) is 5.15. The Kier molecular flexibility index (Phi) is 4.40. The Morgan fingerprint density at radius 3 is 2.35 bits per heavy atom. The molecule has 17 heavy (non-hydrogen) atoms. The third-order valence-electron chi connectivity index (χ3n) is 3.94. The molecule has 0 amide bonds. The molecule has 0 aromatic heterocycles. The Bertz CT molecular complexity index is 255. The predicted octanol–water partition coefficient (Wildman–Crippen LogP) is 1.93. The van der Waals surface area contributed by atoms with E-state index in [2.05, 4.69) is 4.90 Å². The zero-order valence-electron chi connectivity index (χ0n) is 10.7. The number of nitrogens with zero attached hydrogens (tertiary/aromatic N) is 1. The molecule has 2 aliphatic rings. The number of rotatable bonds is 4. The van der Waals surface area contributed by atoms with Crippen molar-refractivity contribution >= 4 is 5.97 Å². The molecule has 1 heterocycles. The van der Waals surface area contributed by atoms with Crippen molar-refractivity contribution in [3.8, 4) is 0 Å². The minimum Gasteiger partial charge on any atom is -0.467 e. The van der Waals surface area contributed by atoms with Crippen molar-refractivity contribution in [2.75, 3.05) is 26.9 Å². The SMILES string of the molecule is COC(=O)C1(OCN2CCCC2)CCCCC1. The van der Waals surface area contributed by atoms with E-state index in [9.17, 15) is 4.79 Å². The van der Waals surface area contributed by atoms with E-state index in [0.717, 1.165) is 38.8 Å². The molecule has 0 spiro atoms. The van der Waals surface area contributed by atoms with Crippen molar-refractivity contribution < 1.29 is 14.3 Å². The van der Waals surface area contributed by atoms with Gasteiger partial charge >= 0.3 is 5.97 Å². The van der Waals surface area contributed by atoms with Crippen molar-refractivity contribution in [3.63, 3.8) is 0 Å². The molecule has 0 radical (unpaired) electrons. The molecule has 2 fully saturated rings. The van der Waals surface area contributed by atoms with Gasteiger partial charge < -0.3 is 9.47 Å². The number of carbonyl (C=O) groups is 1. The van der Waals surface area contributed by atoms with Crippen LogP contribution in [0.4, 0.5) is 0 Å². The largest absolute Gasteiger partial charge is 0.467 e. The summed E-state index contributed by atoms with van der Waals surface area (Å²) in [5.74, 6) is -0.184. The molecule has 0 atom stereocenters. The summed E-state index contributed by atoms with van der Waals surface area (Å²) in [6.45, 7) is 2.77. The number of esters is 1. The van der Waals surface area contributed by atoms with E-state index < -0.39 is 5.60 Å². The molecule has 0 bridgehead atoms. The molecule has 98 valence electrons. The fourth-order valence-electron chi connectivity index (χ4n) is 2.84. The average Bonchev–Trinajstić information content (AvgIpc) is 2.89. The van der Waals surface area contributed by atoms with Crippen molar-refractivity contribution in [3.05, 3.63) is 0 Å². The summed E-state index contributed by atoms with van der Waals surface area (Å²) in [6.07, 6.45) is 7.44. The van der Waals surface area contributed by atoms with Crippen LogP contribution >= 0.6 is 0 Å². The van der Waals surface area contributed by atoms with Crippen LogP contribution in [-0.2, 0) is 14.3 Å². The summed E-state index contributed by atoms with van der Waals surface area (Å²) in [4.78, 5) is 14.2. The molecule has 1 aliphatic carbocycles. The number of carbonyl (C=O) groups excluding carboxylic acids is 1. The Morgan fingerprint density at radius 1 is 1.12 bits per heavy atom. The maximum atomic E-state index is 11.9. The van der Waals surface area contributed by atoms with Crippen molar-refractivity contribution in [2.45, 2.75) is 50.5 Å². The lowest BCUT2D eigenvalue weighted by molar-refractivity contribution is -0.181. The summed E-state index contributed by atoms with van der Waals surface area (Å²) >= 11 is 0. The van der Waals surface area contributed by atoms with Crippen LogP contribution in [0, 0.1) is 0 Å². The van der Waals surface area contributed by atoms with Gasteiger partial charge in [-0.25, -0.2) is 4.79 Å². The normalized spacial score (nSPS) is 24.8. The highest BCUT2D eigenvalue weighted by atomic mass is 16.6. The van der Waals surface area contributed by atoms with Crippen LogP contribution in [0.25, 0.3) is 0 Å². The average molecular weight is 241 g/mol. The fraction of sp³-hybridized carbons (Fsp3) is 0.923. The number of ether oxygens (including phenoxy) is 2. The van der Waals surface area contributed by atoms with E-state index in [1.165, 1.54) is 26.4 Å². The monoisotopic (exact) mass is 241 g/mol. The van der Waals surface area contributed by atoms with E-state index in [4.69, 9.17) is 9.47 Å². The minimum absolute atomic E-state index is 0.184. The predicted molar refractivity (Wildman–Crippen MR) is 64.6 cm³/mol. The van der Waals surface area contributed by atoms with Gasteiger partial charge in [-0.3, -0.25) is 4.90 Å². The first kappa shape index (κ1) is 12.8. The summed E-state index contributed by atoms with van der Waals surface area (Å²) < 4.78 is 10.9. The van der Waals surface area contributed by atoms with Gasteiger partial charge in [-0.05, 0) is 38.5 Å². The highest BCUT2D eigenvalue weighted by molar-refractivity contribution is 5.79. The molecule has 0 aromatic rings. The van der Waals surface area contributed by atoms with Gasteiger partial charge in [0.25, 0.3) is 0 Å². The van der Waals surface area contributed by atoms with Crippen molar-refractivity contribution in [2.24, 2.45) is 0 Å². The van der Waals surface area contributed by atoms with Crippen LogP contribution in [0.1, 0.15) is 44.9 Å². The Balaban J connectivity index is 1.92. The summed E-state index contributed by atoms with van der Waals surface area (Å²) in [5, 5.41) is 0. The quantitative estimate of drug-likeness (QED) is 0.705. The van der Waals surface area contributed by atoms with E-state index >= 15 is 0 Å². The first-order chi connectivity index (χ1) is 8.27. The van der Waals surface area contributed by atoms with E-state index in [-0.39, 0.29) is 5.97 Å². The van der Waals surface area contributed by atoms with Crippen LogP contribution in [0.3, 0.4) is 0 Å². The van der Waals surface area contributed by atoms with Crippen LogP contribution in [-0.4, -0.2) is 43.4 Å². The lowest BCUT2D eigenvalue weighted by atomic mass is 9.84. The highest BCUT2D eigenvalue weighted by Crippen LogP contribution is 2.33. The first-order valence-corrected chi connectivity index (χ1v) is 6.72. The van der Waals surface area contributed by atoms with Crippen LogP contribution in [0.2, 0.25) is 0 Å². The molecule has 4 nitrogen and oxygen atoms in total. The van der Waals surface area contributed by atoms with Gasteiger partial charge in [-0.1, -0.05) is 6.42 Å². The van der Waals surface area contributed by atoms with Gasteiger partial charge in [0.15, 0.2) is 5.60 Å². The Labute approximate surface area is 103 Å². The van der Waals surface area contributed by atoms with Crippen LogP contribution in [0.5, 0.6) is 0 Å². The number of likely N-dealkylation sites (tertiary alicyclic amines) is 1. The molecule has 0 N–H and O–H groups in total. The third-order valence-corrected chi connectivity index (χ3v) is 3.94. The molecule has 2 rings (SSSR count). The van der Waals surface area contributed by atoms with Gasteiger partial charge in [-0.2, -0.15) is 0 Å². The van der Waals surface area contributed by atoms with E-state index in [0.29, 0.717) is 6.73 Å². The summed E-state index contributed by atoms with van der Waals surface area (Å²) in [5.41, 5.74) is -0.657. The van der Waals surface area contributed by atoms with Gasteiger partial charge in [0.1, 0.15) is 6.73 Å². The lowest BCUT2D eigenvalue weighted by Crippen LogP contribution is -2.46. The molecular formula is C13H23NO3.